The molecule has 4 N–H and O–H groups in total. The minimum atomic E-state index is -1.03. The van der Waals surface area contributed by atoms with E-state index in [0.717, 1.165) is 11.3 Å². The number of thiocarbonyl (C=S) groups is 1. The highest BCUT2D eigenvalue weighted by Gasteiger charge is 2.53. The number of aliphatic hydroxyl groups excluding tert-OH is 2. The van der Waals surface area contributed by atoms with Gasteiger partial charge >= 0.3 is 0 Å². The van der Waals surface area contributed by atoms with Crippen molar-refractivity contribution in [3.05, 3.63) is 54.4 Å². The summed E-state index contributed by atoms with van der Waals surface area (Å²) in [6, 6.07) is 10.0. The van der Waals surface area contributed by atoms with Gasteiger partial charge in [0.05, 0.1) is 31.2 Å². The van der Waals surface area contributed by atoms with Gasteiger partial charge in [-0.05, 0) is 54.5 Å². The molecule has 1 saturated heterocycles. The molecule has 0 radical (unpaired) electrons. The highest BCUT2D eigenvalue weighted by Crippen LogP contribution is 2.37. The van der Waals surface area contributed by atoms with Crippen LogP contribution < -0.4 is 20.3 Å². The van der Waals surface area contributed by atoms with Crippen LogP contribution in [0.5, 0.6) is 5.75 Å². The summed E-state index contributed by atoms with van der Waals surface area (Å²) in [5, 5.41) is 27.4. The molecular formula is C21H24N4O4S. The van der Waals surface area contributed by atoms with Gasteiger partial charge < -0.3 is 30.5 Å². The van der Waals surface area contributed by atoms with Crippen LogP contribution in [0.25, 0.3) is 0 Å². The molecule has 1 aromatic carbocycles. The van der Waals surface area contributed by atoms with Crippen LogP contribution in [0.15, 0.2) is 48.8 Å². The third-order valence-corrected chi connectivity index (χ3v) is 6.04. The predicted octanol–water partition coefficient (Wildman–Crippen LogP) is 0.580. The Morgan fingerprint density at radius 1 is 1.33 bits per heavy atom. The van der Waals surface area contributed by atoms with E-state index in [1.807, 2.05) is 41.3 Å². The van der Waals surface area contributed by atoms with Crippen molar-refractivity contribution >= 4 is 28.9 Å². The number of methoxy groups -OCH3 is 1. The number of ether oxygens (including phenoxy) is 1. The Morgan fingerprint density at radius 2 is 2.10 bits per heavy atom. The van der Waals surface area contributed by atoms with Gasteiger partial charge in [-0.15, -0.1) is 0 Å². The molecule has 0 bridgehead atoms. The van der Waals surface area contributed by atoms with Crippen LogP contribution in [0.4, 0.5) is 5.69 Å². The number of pyridine rings is 1. The summed E-state index contributed by atoms with van der Waals surface area (Å²) in [7, 11) is 1.59. The molecule has 5 atom stereocenters. The van der Waals surface area contributed by atoms with Crippen molar-refractivity contribution in [2.24, 2.45) is 5.92 Å². The third kappa shape index (κ3) is 3.83. The van der Waals surface area contributed by atoms with E-state index in [1.54, 1.807) is 19.5 Å². The molecule has 1 saturated carbocycles. The zero-order chi connectivity index (χ0) is 21.3. The van der Waals surface area contributed by atoms with E-state index in [1.165, 1.54) is 0 Å². The Morgan fingerprint density at radius 3 is 2.77 bits per heavy atom. The molecule has 2 heterocycles. The topological polar surface area (TPSA) is 107 Å². The second-order valence-corrected chi connectivity index (χ2v) is 7.90. The molecular weight excluding hydrogens is 404 g/mol. The smallest absolute Gasteiger partial charge is 0.225 e. The van der Waals surface area contributed by atoms with Crippen molar-refractivity contribution < 1.29 is 19.7 Å². The molecule has 4 rings (SSSR count). The maximum atomic E-state index is 13.1. The summed E-state index contributed by atoms with van der Waals surface area (Å²) in [6.45, 7) is 0.333. The molecule has 1 amide bonds. The summed E-state index contributed by atoms with van der Waals surface area (Å²) in [4.78, 5) is 19.0. The Labute approximate surface area is 179 Å². The van der Waals surface area contributed by atoms with Crippen LogP contribution in [-0.2, 0) is 11.3 Å². The van der Waals surface area contributed by atoms with Gasteiger partial charge in [0.25, 0.3) is 0 Å². The number of nitrogens with zero attached hydrogens (tertiary/aromatic N) is 2. The lowest BCUT2D eigenvalue weighted by Crippen LogP contribution is -2.60. The minimum absolute atomic E-state index is 0.137. The van der Waals surface area contributed by atoms with Crippen LogP contribution in [0.1, 0.15) is 12.0 Å². The Balaban J connectivity index is 1.59. The number of aliphatic hydroxyl groups is 2. The van der Waals surface area contributed by atoms with Gasteiger partial charge in [0.1, 0.15) is 11.9 Å². The third-order valence-electron chi connectivity index (χ3n) is 5.72. The second-order valence-electron chi connectivity index (χ2n) is 7.51. The molecule has 2 aromatic rings. The summed E-state index contributed by atoms with van der Waals surface area (Å²) in [5.74, 6) is -0.0665. The summed E-state index contributed by atoms with van der Waals surface area (Å²) < 4.78 is 5.22. The molecule has 30 heavy (non-hydrogen) atoms. The Bertz CT molecular complexity index is 911. The average molecular weight is 429 g/mol. The number of hydrogen-bond donors (Lipinski definition) is 4. The zero-order valence-electron chi connectivity index (χ0n) is 16.4. The number of rotatable bonds is 5. The first-order chi connectivity index (χ1) is 14.5. The molecule has 9 heteroatoms. The Hall–Kier alpha value is -2.75. The lowest BCUT2D eigenvalue weighted by Gasteiger charge is -2.41. The van der Waals surface area contributed by atoms with Gasteiger partial charge in [0, 0.05) is 24.6 Å². The number of nitrogens with one attached hydrogen (secondary N) is 2. The molecule has 5 unspecified atom stereocenters. The lowest BCUT2D eigenvalue weighted by atomic mass is 9.77. The maximum Gasteiger partial charge on any atom is 0.225 e. The number of hydrogen-bond acceptors (Lipinski definition) is 6. The van der Waals surface area contributed by atoms with Crippen molar-refractivity contribution in [2.75, 3.05) is 12.0 Å². The van der Waals surface area contributed by atoms with Crippen molar-refractivity contribution in [1.82, 2.24) is 15.6 Å². The van der Waals surface area contributed by atoms with Crippen molar-refractivity contribution in [3.8, 4) is 5.75 Å². The normalized spacial score (nSPS) is 27.9. The first kappa shape index (κ1) is 20.5. The summed E-state index contributed by atoms with van der Waals surface area (Å²) >= 11 is 5.52. The SMILES string of the molecule is COc1ccc(N2C(=S)NC3C(O)C(O)CC(C(=O)NCc4cccnc4)C32)cc1. The number of anilines is 1. The fraction of sp³-hybridized carbons (Fsp3) is 0.381. The van der Waals surface area contributed by atoms with Gasteiger partial charge in [-0.25, -0.2) is 0 Å². The predicted molar refractivity (Wildman–Crippen MR) is 115 cm³/mol. The Kier molecular flexibility index (Phi) is 5.85. The van der Waals surface area contributed by atoms with E-state index in [0.29, 0.717) is 17.4 Å². The van der Waals surface area contributed by atoms with Gasteiger partial charge in [0.15, 0.2) is 5.11 Å². The van der Waals surface area contributed by atoms with Gasteiger partial charge in [-0.3, -0.25) is 9.78 Å². The molecule has 0 spiro atoms. The molecule has 8 nitrogen and oxygen atoms in total. The number of fused-ring (bicyclic) bond motifs is 1. The van der Waals surface area contributed by atoms with E-state index >= 15 is 0 Å². The number of carbonyl (C=O) groups is 1. The second kappa shape index (κ2) is 8.55. The monoisotopic (exact) mass is 428 g/mol. The van der Waals surface area contributed by atoms with E-state index in [4.69, 9.17) is 17.0 Å². The van der Waals surface area contributed by atoms with E-state index < -0.39 is 30.2 Å². The average Bonchev–Trinajstić information content (AvgIpc) is 3.12. The van der Waals surface area contributed by atoms with Crippen molar-refractivity contribution in [1.29, 1.82) is 0 Å². The molecule has 2 fully saturated rings. The molecule has 1 aliphatic heterocycles. The molecule has 158 valence electrons. The standard InChI is InChI=1S/C21H24N4O4S/c1-29-14-6-4-13(5-7-14)25-18-15(9-16(26)19(27)17(18)24-21(25)30)20(28)23-11-12-3-2-8-22-10-12/h2-8,10,15-19,26-27H,9,11H2,1H3,(H,23,28)(H,24,30). The number of aromatic nitrogens is 1. The summed E-state index contributed by atoms with van der Waals surface area (Å²) in [6.07, 6.45) is 1.45. The van der Waals surface area contributed by atoms with E-state index in [2.05, 4.69) is 15.6 Å². The van der Waals surface area contributed by atoms with Crippen molar-refractivity contribution in [2.45, 2.75) is 37.3 Å². The number of amides is 1. The highest BCUT2D eigenvalue weighted by molar-refractivity contribution is 7.80. The van der Waals surface area contributed by atoms with Gasteiger partial charge in [0.2, 0.25) is 5.91 Å². The van der Waals surface area contributed by atoms with Gasteiger partial charge in [-0.2, -0.15) is 0 Å². The van der Waals surface area contributed by atoms with Crippen LogP contribution >= 0.6 is 12.2 Å². The number of benzene rings is 1. The lowest BCUT2D eigenvalue weighted by molar-refractivity contribution is -0.131. The van der Waals surface area contributed by atoms with E-state index in [-0.39, 0.29) is 12.3 Å². The minimum Gasteiger partial charge on any atom is -0.497 e. The summed E-state index contributed by atoms with van der Waals surface area (Å²) in [5.41, 5.74) is 1.67. The number of carbonyl (C=O) groups excluding carboxylic acids is 1. The van der Waals surface area contributed by atoms with Crippen molar-refractivity contribution in [3.63, 3.8) is 0 Å². The van der Waals surface area contributed by atoms with Crippen LogP contribution in [-0.4, -0.2) is 57.6 Å². The largest absolute Gasteiger partial charge is 0.497 e. The molecule has 2 aliphatic rings. The van der Waals surface area contributed by atoms with Gasteiger partial charge in [-0.1, -0.05) is 6.07 Å². The quantitative estimate of drug-likeness (QED) is 0.513. The van der Waals surface area contributed by atoms with Crippen LogP contribution in [0.2, 0.25) is 0 Å². The molecule has 1 aromatic heterocycles. The fourth-order valence-electron chi connectivity index (χ4n) is 4.21. The first-order valence-electron chi connectivity index (χ1n) is 9.76. The highest BCUT2D eigenvalue weighted by atomic mass is 32.1. The van der Waals surface area contributed by atoms with E-state index in [9.17, 15) is 15.0 Å². The zero-order valence-corrected chi connectivity index (χ0v) is 17.2. The fourth-order valence-corrected chi connectivity index (χ4v) is 4.57. The molecule has 1 aliphatic carbocycles. The van der Waals surface area contributed by atoms with Crippen LogP contribution in [0.3, 0.4) is 0 Å². The maximum absolute atomic E-state index is 13.1. The first-order valence-corrected chi connectivity index (χ1v) is 10.2. The van der Waals surface area contributed by atoms with Crippen LogP contribution in [0, 0.1) is 5.92 Å².